The molecule has 2 rings (SSSR count). The molecule has 0 radical (unpaired) electrons. The molecule has 1 aromatic carbocycles. The normalized spacial score (nSPS) is 10.8. The summed E-state index contributed by atoms with van der Waals surface area (Å²) in [6, 6.07) is 8.12. The van der Waals surface area contributed by atoms with Crippen LogP contribution in [0.1, 0.15) is 19.0 Å². The predicted octanol–water partition coefficient (Wildman–Crippen LogP) is 3.37. The summed E-state index contributed by atoms with van der Waals surface area (Å²) in [6.07, 6.45) is 2.17. The number of nitrogens with two attached hydrogens (primary N) is 1. The maximum absolute atomic E-state index is 5.85. The molecule has 0 aliphatic rings. The SMILES string of the molecule is CCCc1ccc2c(I)c(N)ccc2n1. The molecule has 78 valence electrons. The summed E-state index contributed by atoms with van der Waals surface area (Å²) in [5.74, 6) is 0. The zero-order chi connectivity index (χ0) is 10.8. The van der Waals surface area contributed by atoms with Crippen molar-refractivity contribution in [3.05, 3.63) is 33.5 Å². The van der Waals surface area contributed by atoms with Gasteiger partial charge in [0, 0.05) is 20.3 Å². The van der Waals surface area contributed by atoms with Crippen molar-refractivity contribution in [2.45, 2.75) is 19.8 Å². The molecule has 0 aliphatic heterocycles. The van der Waals surface area contributed by atoms with Gasteiger partial charge in [-0.1, -0.05) is 13.3 Å². The van der Waals surface area contributed by atoms with Crippen molar-refractivity contribution in [3.8, 4) is 0 Å². The minimum absolute atomic E-state index is 0.827. The van der Waals surface area contributed by atoms with E-state index in [1.54, 1.807) is 0 Å². The summed E-state index contributed by atoms with van der Waals surface area (Å²) in [6.45, 7) is 2.17. The van der Waals surface area contributed by atoms with E-state index in [2.05, 4.69) is 46.6 Å². The van der Waals surface area contributed by atoms with Gasteiger partial charge in [0.2, 0.25) is 0 Å². The topological polar surface area (TPSA) is 38.9 Å². The largest absolute Gasteiger partial charge is 0.398 e. The van der Waals surface area contributed by atoms with E-state index in [9.17, 15) is 0 Å². The van der Waals surface area contributed by atoms with Crippen LogP contribution in [-0.2, 0) is 6.42 Å². The fraction of sp³-hybridized carbons (Fsp3) is 0.250. The highest BCUT2D eigenvalue weighted by Crippen LogP contribution is 2.25. The van der Waals surface area contributed by atoms with Gasteiger partial charge in [-0.25, -0.2) is 0 Å². The van der Waals surface area contributed by atoms with Crippen LogP contribution >= 0.6 is 22.6 Å². The lowest BCUT2D eigenvalue weighted by molar-refractivity contribution is 0.890. The Bertz CT molecular complexity index is 494. The average Bonchev–Trinajstić information content (AvgIpc) is 2.24. The van der Waals surface area contributed by atoms with Crippen LogP contribution in [0.2, 0.25) is 0 Å². The Balaban J connectivity index is 2.59. The number of aryl methyl sites for hydroxylation is 1. The van der Waals surface area contributed by atoms with Crippen LogP contribution in [0.25, 0.3) is 10.9 Å². The summed E-state index contributed by atoms with van der Waals surface area (Å²) >= 11 is 2.27. The van der Waals surface area contributed by atoms with Crippen molar-refractivity contribution in [1.29, 1.82) is 0 Å². The second kappa shape index (κ2) is 4.35. The zero-order valence-electron chi connectivity index (χ0n) is 8.63. The van der Waals surface area contributed by atoms with Gasteiger partial charge in [-0.15, -0.1) is 0 Å². The Kier molecular flexibility index (Phi) is 3.09. The number of nitrogens with zero attached hydrogens (tertiary/aromatic N) is 1. The molecule has 2 aromatic rings. The molecule has 0 amide bonds. The summed E-state index contributed by atoms with van der Waals surface area (Å²) in [5.41, 5.74) is 8.87. The van der Waals surface area contributed by atoms with Crippen molar-refractivity contribution in [1.82, 2.24) is 4.98 Å². The standard InChI is InChI=1S/C12H13IN2/c1-2-3-8-4-5-9-11(15-8)7-6-10(14)12(9)13/h4-7H,2-3,14H2,1H3. The highest BCUT2D eigenvalue weighted by molar-refractivity contribution is 14.1. The monoisotopic (exact) mass is 312 g/mol. The van der Waals surface area contributed by atoms with Gasteiger partial charge in [-0.05, 0) is 53.3 Å². The molecule has 2 N–H and O–H groups in total. The van der Waals surface area contributed by atoms with Gasteiger partial charge in [0.1, 0.15) is 0 Å². The molecule has 1 heterocycles. The van der Waals surface area contributed by atoms with Gasteiger partial charge in [-0.3, -0.25) is 4.98 Å². The Labute approximate surface area is 103 Å². The van der Waals surface area contributed by atoms with Crippen molar-refractivity contribution in [2.24, 2.45) is 0 Å². The smallest absolute Gasteiger partial charge is 0.0717 e. The molecule has 0 saturated heterocycles. The maximum atomic E-state index is 5.85. The van der Waals surface area contributed by atoms with E-state index in [0.717, 1.165) is 38.7 Å². The lowest BCUT2D eigenvalue weighted by atomic mass is 10.1. The Morgan fingerprint density at radius 1 is 1.27 bits per heavy atom. The molecule has 0 aliphatic carbocycles. The van der Waals surface area contributed by atoms with E-state index in [4.69, 9.17) is 5.73 Å². The molecule has 0 spiro atoms. The first-order valence-corrected chi connectivity index (χ1v) is 6.14. The Hall–Kier alpha value is -0.840. The first-order chi connectivity index (χ1) is 7.22. The molecule has 0 unspecified atom stereocenters. The number of anilines is 1. The summed E-state index contributed by atoms with van der Waals surface area (Å²) < 4.78 is 1.10. The summed E-state index contributed by atoms with van der Waals surface area (Å²) in [4.78, 5) is 4.61. The molecule has 0 fully saturated rings. The fourth-order valence-corrected chi connectivity index (χ4v) is 2.26. The third-order valence-electron chi connectivity index (χ3n) is 2.40. The highest BCUT2D eigenvalue weighted by Gasteiger charge is 2.03. The van der Waals surface area contributed by atoms with Gasteiger partial charge >= 0.3 is 0 Å². The molecule has 0 atom stereocenters. The third kappa shape index (κ3) is 2.07. The number of pyridine rings is 1. The van der Waals surface area contributed by atoms with E-state index >= 15 is 0 Å². The minimum Gasteiger partial charge on any atom is -0.398 e. The Morgan fingerprint density at radius 3 is 2.80 bits per heavy atom. The fourth-order valence-electron chi connectivity index (χ4n) is 1.62. The van der Waals surface area contributed by atoms with E-state index in [0.29, 0.717) is 0 Å². The van der Waals surface area contributed by atoms with Crippen LogP contribution in [0, 0.1) is 3.57 Å². The molecular weight excluding hydrogens is 299 g/mol. The molecule has 0 bridgehead atoms. The number of fused-ring (bicyclic) bond motifs is 1. The maximum Gasteiger partial charge on any atom is 0.0717 e. The number of benzene rings is 1. The first-order valence-electron chi connectivity index (χ1n) is 5.06. The molecule has 3 heteroatoms. The van der Waals surface area contributed by atoms with Crippen molar-refractivity contribution in [2.75, 3.05) is 5.73 Å². The van der Waals surface area contributed by atoms with Crippen molar-refractivity contribution in [3.63, 3.8) is 0 Å². The summed E-state index contributed by atoms with van der Waals surface area (Å²) in [7, 11) is 0. The average molecular weight is 312 g/mol. The van der Waals surface area contributed by atoms with E-state index < -0.39 is 0 Å². The van der Waals surface area contributed by atoms with Gasteiger partial charge < -0.3 is 5.73 Å². The second-order valence-electron chi connectivity index (χ2n) is 3.59. The number of hydrogen-bond acceptors (Lipinski definition) is 2. The molecule has 0 saturated carbocycles. The first kappa shape index (κ1) is 10.7. The number of hydrogen-bond donors (Lipinski definition) is 1. The Morgan fingerprint density at radius 2 is 2.07 bits per heavy atom. The van der Waals surface area contributed by atoms with E-state index in [1.165, 1.54) is 0 Å². The van der Waals surface area contributed by atoms with Crippen LogP contribution in [0.5, 0.6) is 0 Å². The van der Waals surface area contributed by atoms with Crippen LogP contribution in [-0.4, -0.2) is 4.98 Å². The lowest BCUT2D eigenvalue weighted by Gasteiger charge is -2.05. The van der Waals surface area contributed by atoms with Crippen molar-refractivity contribution >= 4 is 39.2 Å². The van der Waals surface area contributed by atoms with Crippen LogP contribution in [0.15, 0.2) is 24.3 Å². The quantitative estimate of drug-likeness (QED) is 0.682. The van der Waals surface area contributed by atoms with Gasteiger partial charge in [0.25, 0.3) is 0 Å². The van der Waals surface area contributed by atoms with Crippen LogP contribution in [0.3, 0.4) is 0 Å². The van der Waals surface area contributed by atoms with Gasteiger partial charge in [-0.2, -0.15) is 0 Å². The number of nitrogen functional groups attached to an aromatic ring is 1. The minimum atomic E-state index is 0.827. The number of rotatable bonds is 2. The highest BCUT2D eigenvalue weighted by atomic mass is 127. The van der Waals surface area contributed by atoms with Gasteiger partial charge in [0.05, 0.1) is 5.52 Å². The number of halogens is 1. The van der Waals surface area contributed by atoms with Crippen LogP contribution < -0.4 is 5.73 Å². The van der Waals surface area contributed by atoms with Gasteiger partial charge in [0.15, 0.2) is 0 Å². The van der Waals surface area contributed by atoms with E-state index in [1.807, 2.05) is 12.1 Å². The lowest BCUT2D eigenvalue weighted by Crippen LogP contribution is -1.94. The van der Waals surface area contributed by atoms with Crippen molar-refractivity contribution < 1.29 is 0 Å². The predicted molar refractivity (Wildman–Crippen MR) is 72.9 cm³/mol. The molecular formula is C12H13IN2. The summed E-state index contributed by atoms with van der Waals surface area (Å²) in [5, 5.41) is 1.15. The second-order valence-corrected chi connectivity index (χ2v) is 4.67. The van der Waals surface area contributed by atoms with Crippen LogP contribution in [0.4, 0.5) is 5.69 Å². The third-order valence-corrected chi connectivity index (χ3v) is 3.60. The zero-order valence-corrected chi connectivity index (χ0v) is 10.8. The van der Waals surface area contributed by atoms with E-state index in [-0.39, 0.29) is 0 Å². The number of aromatic nitrogens is 1. The molecule has 15 heavy (non-hydrogen) atoms. The molecule has 2 nitrogen and oxygen atoms in total. The molecule has 1 aromatic heterocycles.